The Hall–Kier alpha value is 1.68. The van der Waals surface area contributed by atoms with Crippen LogP contribution in [0.1, 0.15) is 80.1 Å². The average molecular weight is 625 g/mol. The standard InChI is InChI=1S/C32H50Si.2ClH.Zr/c1-21(2)29-15-9-23(5)17-31(29)25-11-13-27(19-25)33(7,8)28-14-12-26(20-28)32-18-24(6)10-16-30(32)22(3)4;;;/h11-14,19-24,29-32H,9-10,15-18H2,1-8H3;2*1H;/q;;;+4/p-2/t23-,24-,29+,30+,31-,32-;;;/m0.../s1. The zero-order valence-electron chi connectivity index (χ0n) is 24.1. The van der Waals surface area contributed by atoms with E-state index in [4.69, 9.17) is 17.0 Å². The van der Waals surface area contributed by atoms with E-state index in [0.717, 1.165) is 47.3 Å². The van der Waals surface area contributed by atoms with E-state index in [0.29, 0.717) is 0 Å². The number of hydrogen-bond donors (Lipinski definition) is 0. The molecule has 0 nitrogen and oxygen atoms in total. The predicted molar refractivity (Wildman–Crippen MR) is 158 cm³/mol. The normalized spacial score (nSPS) is 35.8. The van der Waals surface area contributed by atoms with Crippen LogP contribution in [0, 0.1) is 109 Å². The van der Waals surface area contributed by atoms with Gasteiger partial charge in [-0.3, -0.25) is 0 Å². The van der Waals surface area contributed by atoms with Gasteiger partial charge in [-0.15, -0.1) is 0 Å². The molecule has 198 valence electrons. The van der Waals surface area contributed by atoms with Gasteiger partial charge in [0.25, 0.3) is 0 Å². The summed E-state index contributed by atoms with van der Waals surface area (Å²) in [5.41, 5.74) is 3.29. The zero-order valence-corrected chi connectivity index (χ0v) is 29.1. The topological polar surface area (TPSA) is 0 Å². The van der Waals surface area contributed by atoms with Crippen molar-refractivity contribution in [3.8, 4) is 0 Å². The van der Waals surface area contributed by atoms with Gasteiger partial charge in [-0.1, -0.05) is 67.5 Å². The summed E-state index contributed by atoms with van der Waals surface area (Å²) < 4.78 is 0. The van der Waals surface area contributed by atoms with Gasteiger partial charge in [0.2, 0.25) is 0 Å². The molecule has 0 aromatic heterocycles. The van der Waals surface area contributed by atoms with Gasteiger partial charge in [-0.25, -0.2) is 0 Å². The minimum absolute atomic E-state index is 0.762. The van der Waals surface area contributed by atoms with Crippen LogP contribution in [0.25, 0.3) is 0 Å². The summed E-state index contributed by atoms with van der Waals surface area (Å²) in [7, 11) is 8.19. The summed E-state index contributed by atoms with van der Waals surface area (Å²) >= 11 is -0.826. The van der Waals surface area contributed by atoms with Gasteiger partial charge in [-0.2, -0.15) is 0 Å². The first kappa shape index (κ1) is 32.2. The van der Waals surface area contributed by atoms with Crippen LogP contribution in [0.2, 0.25) is 13.1 Å². The van der Waals surface area contributed by atoms with Gasteiger partial charge < -0.3 is 0 Å². The molecule has 4 heteroatoms. The third-order valence-electron chi connectivity index (χ3n) is 9.90. The van der Waals surface area contributed by atoms with Gasteiger partial charge in [0, 0.05) is 0 Å². The monoisotopic (exact) mass is 622 g/mol. The van der Waals surface area contributed by atoms with Gasteiger partial charge in [0.1, 0.15) is 0 Å². The van der Waals surface area contributed by atoms with Crippen molar-refractivity contribution in [1.82, 2.24) is 0 Å². The van der Waals surface area contributed by atoms with Crippen molar-refractivity contribution in [2.45, 2.75) is 93.2 Å². The maximum absolute atomic E-state index is 4.93. The number of halogens is 2. The first-order valence-corrected chi connectivity index (χ1v) is 23.8. The van der Waals surface area contributed by atoms with E-state index >= 15 is 0 Å². The van der Waals surface area contributed by atoms with E-state index < -0.39 is 28.9 Å². The Morgan fingerprint density at radius 2 is 1.06 bits per heavy atom. The van der Waals surface area contributed by atoms with Crippen LogP contribution in [0.5, 0.6) is 0 Å². The SMILES string of the molecule is CC(C)[C@H]1CC[C@H](C)C[C@H]1[C]1[CH][CH][C]([Si](C)(C)[C]2[CH][CH][C]([C@@H]3C[C@@H](C)CC[C@@H]3C(C)C)[CH]2)[CH]1.[Cl][Zr+2][Cl]. The van der Waals surface area contributed by atoms with Gasteiger partial charge in [0.05, 0.1) is 8.07 Å². The molecule has 0 aromatic carbocycles. The van der Waals surface area contributed by atoms with Crippen LogP contribution in [-0.4, -0.2) is 8.07 Å². The molecule has 0 aromatic rings. The molecule has 4 aliphatic rings. The molecule has 36 heavy (non-hydrogen) atoms. The summed E-state index contributed by atoms with van der Waals surface area (Å²) in [4.78, 5) is 0. The van der Waals surface area contributed by atoms with Crippen molar-refractivity contribution in [3.05, 3.63) is 61.4 Å². The van der Waals surface area contributed by atoms with Gasteiger partial charge >= 0.3 is 37.9 Å². The summed E-state index contributed by atoms with van der Waals surface area (Å²) in [6.07, 6.45) is 23.7. The Kier molecular flexibility index (Phi) is 13.0. The quantitative estimate of drug-likeness (QED) is 0.258. The average Bonchev–Trinajstić information content (AvgIpc) is 3.50. The van der Waals surface area contributed by atoms with Crippen LogP contribution < -0.4 is 0 Å². The molecular formula is C32H50Cl2SiZr+2. The first-order valence-electron chi connectivity index (χ1n) is 14.5. The summed E-state index contributed by atoms with van der Waals surface area (Å²) in [5, 5.41) is 0. The van der Waals surface area contributed by atoms with E-state index in [1.165, 1.54) is 38.5 Å². The van der Waals surface area contributed by atoms with Crippen molar-refractivity contribution < 1.29 is 20.8 Å². The molecule has 10 radical (unpaired) electrons. The van der Waals surface area contributed by atoms with Gasteiger partial charge in [-0.05, 0) is 134 Å². The van der Waals surface area contributed by atoms with E-state index in [1.807, 2.05) is 0 Å². The number of rotatable bonds is 6. The van der Waals surface area contributed by atoms with Crippen LogP contribution in [0.4, 0.5) is 0 Å². The molecule has 4 fully saturated rings. The Labute approximate surface area is 246 Å². The maximum atomic E-state index is 4.93. The molecule has 0 heterocycles. The Balaban J connectivity index is 0.00000115. The van der Waals surface area contributed by atoms with E-state index in [1.54, 1.807) is 22.9 Å². The van der Waals surface area contributed by atoms with Crippen LogP contribution in [0.3, 0.4) is 0 Å². The molecule has 0 N–H and O–H groups in total. The Morgan fingerprint density at radius 3 is 1.39 bits per heavy atom. The second-order valence-electron chi connectivity index (χ2n) is 13.4. The molecule has 0 amide bonds. The summed E-state index contributed by atoms with van der Waals surface area (Å²) in [6, 6.07) is 0. The molecule has 0 spiro atoms. The Bertz CT molecular complexity index is 600. The molecule has 6 atom stereocenters. The third kappa shape index (κ3) is 7.90. The summed E-state index contributed by atoms with van der Waals surface area (Å²) in [6.45, 7) is 19.9. The number of hydrogen-bond acceptors (Lipinski definition) is 0. The first-order chi connectivity index (χ1) is 17.0. The fourth-order valence-electron chi connectivity index (χ4n) is 7.50. The second-order valence-corrected chi connectivity index (χ2v) is 21.6. The van der Waals surface area contributed by atoms with E-state index in [-0.39, 0.29) is 0 Å². The van der Waals surface area contributed by atoms with E-state index in [2.05, 4.69) is 93.2 Å². The molecule has 0 saturated heterocycles. The van der Waals surface area contributed by atoms with E-state index in [9.17, 15) is 0 Å². The molecule has 0 aliphatic heterocycles. The molecule has 0 bridgehead atoms. The second kappa shape index (κ2) is 14.5. The van der Waals surface area contributed by atoms with Crippen molar-refractivity contribution in [1.29, 1.82) is 0 Å². The Morgan fingerprint density at radius 1 is 0.694 bits per heavy atom. The van der Waals surface area contributed by atoms with Gasteiger partial charge in [0.15, 0.2) is 0 Å². The van der Waals surface area contributed by atoms with Crippen LogP contribution in [0.15, 0.2) is 0 Å². The van der Waals surface area contributed by atoms with Crippen molar-refractivity contribution in [2.24, 2.45) is 47.3 Å². The fraction of sp³-hybridized carbons (Fsp3) is 0.688. The molecule has 4 aliphatic carbocycles. The third-order valence-corrected chi connectivity index (χ3v) is 13.4. The van der Waals surface area contributed by atoms with Crippen molar-refractivity contribution in [3.63, 3.8) is 0 Å². The molecular weight excluding hydrogens is 575 g/mol. The predicted octanol–water partition coefficient (Wildman–Crippen LogP) is 10.1. The summed E-state index contributed by atoms with van der Waals surface area (Å²) in [5.74, 6) is 9.84. The zero-order chi connectivity index (χ0) is 26.6. The van der Waals surface area contributed by atoms with Crippen LogP contribution >= 0.6 is 17.0 Å². The molecule has 4 rings (SSSR count). The minimum atomic E-state index is -1.67. The molecule has 0 unspecified atom stereocenters. The molecule has 4 saturated carbocycles. The van der Waals surface area contributed by atoms with Crippen LogP contribution in [-0.2, 0) is 20.8 Å². The fourth-order valence-corrected chi connectivity index (χ4v) is 9.89. The van der Waals surface area contributed by atoms with Crippen molar-refractivity contribution >= 4 is 25.1 Å². The van der Waals surface area contributed by atoms with Crippen molar-refractivity contribution in [2.75, 3.05) is 0 Å².